The number of nitrogens with zero attached hydrogens (tertiary/aromatic N) is 2. The average Bonchev–Trinajstić information content (AvgIpc) is 2.74. The molecule has 3 amide bonds. The first kappa shape index (κ1) is 17.0. The second kappa shape index (κ2) is 6.81. The summed E-state index contributed by atoms with van der Waals surface area (Å²) >= 11 is 0. The van der Waals surface area contributed by atoms with Crippen molar-refractivity contribution in [3.63, 3.8) is 0 Å². The van der Waals surface area contributed by atoms with Crippen molar-refractivity contribution in [2.24, 2.45) is 0 Å². The third kappa shape index (κ3) is 3.88. The number of benzene rings is 1. The number of amides is 3. The zero-order chi connectivity index (χ0) is 17.1. The topological polar surface area (TPSA) is 52.7 Å². The van der Waals surface area contributed by atoms with E-state index in [0.29, 0.717) is 6.54 Å². The SMILES string of the molecule is C=C(C)CN(C)C(=O)NC1CC(=O)N(C)C1c1ccc(F)cc1. The van der Waals surface area contributed by atoms with Gasteiger partial charge in [0.25, 0.3) is 0 Å². The predicted octanol–water partition coefficient (Wildman–Crippen LogP) is 2.32. The van der Waals surface area contributed by atoms with Crippen LogP contribution in [0.25, 0.3) is 0 Å². The maximum absolute atomic E-state index is 13.1. The third-order valence-electron chi connectivity index (χ3n) is 3.96. The highest BCUT2D eigenvalue weighted by Gasteiger charge is 2.39. The van der Waals surface area contributed by atoms with Crippen LogP contribution in [0, 0.1) is 5.82 Å². The van der Waals surface area contributed by atoms with Gasteiger partial charge in [-0.15, -0.1) is 0 Å². The fraction of sp³-hybridized carbons (Fsp3) is 0.412. The van der Waals surface area contributed by atoms with Crippen molar-refractivity contribution in [2.75, 3.05) is 20.6 Å². The summed E-state index contributed by atoms with van der Waals surface area (Å²) in [5.41, 5.74) is 1.67. The first-order chi connectivity index (χ1) is 10.8. The molecule has 1 aromatic carbocycles. The average molecular weight is 319 g/mol. The molecule has 0 bridgehead atoms. The first-order valence-corrected chi connectivity index (χ1v) is 7.46. The Labute approximate surface area is 135 Å². The number of hydrogen-bond donors (Lipinski definition) is 1. The molecule has 0 aromatic heterocycles. The smallest absolute Gasteiger partial charge is 0.317 e. The Morgan fingerprint density at radius 1 is 1.43 bits per heavy atom. The molecular weight excluding hydrogens is 297 g/mol. The Hall–Kier alpha value is -2.37. The summed E-state index contributed by atoms with van der Waals surface area (Å²) in [4.78, 5) is 27.4. The van der Waals surface area contributed by atoms with Gasteiger partial charge in [-0.05, 0) is 24.6 Å². The minimum absolute atomic E-state index is 0.0489. The molecule has 2 unspecified atom stereocenters. The molecule has 6 heteroatoms. The van der Waals surface area contributed by atoms with E-state index in [9.17, 15) is 14.0 Å². The van der Waals surface area contributed by atoms with Gasteiger partial charge in [-0.1, -0.05) is 24.3 Å². The Bertz CT molecular complexity index is 615. The summed E-state index contributed by atoms with van der Waals surface area (Å²) in [7, 11) is 3.37. The highest BCUT2D eigenvalue weighted by molar-refractivity contribution is 5.82. The number of likely N-dealkylation sites (N-methyl/N-ethyl adjacent to an activating group) is 2. The third-order valence-corrected chi connectivity index (χ3v) is 3.96. The van der Waals surface area contributed by atoms with Gasteiger partial charge in [0.15, 0.2) is 0 Å². The van der Waals surface area contributed by atoms with Gasteiger partial charge in [0.2, 0.25) is 5.91 Å². The molecule has 0 aliphatic carbocycles. The van der Waals surface area contributed by atoms with Gasteiger partial charge < -0.3 is 15.1 Å². The lowest BCUT2D eigenvalue weighted by molar-refractivity contribution is -0.127. The lowest BCUT2D eigenvalue weighted by Crippen LogP contribution is -2.45. The number of likely N-dealkylation sites (tertiary alicyclic amines) is 1. The Kier molecular flexibility index (Phi) is 5.03. The van der Waals surface area contributed by atoms with Gasteiger partial charge >= 0.3 is 6.03 Å². The summed E-state index contributed by atoms with van der Waals surface area (Å²) in [6.07, 6.45) is 0.227. The van der Waals surface area contributed by atoms with E-state index in [1.165, 1.54) is 17.0 Å². The van der Waals surface area contributed by atoms with E-state index in [1.807, 2.05) is 6.92 Å². The van der Waals surface area contributed by atoms with E-state index in [-0.39, 0.29) is 36.3 Å². The van der Waals surface area contributed by atoms with Crippen molar-refractivity contribution < 1.29 is 14.0 Å². The van der Waals surface area contributed by atoms with E-state index < -0.39 is 0 Å². The summed E-state index contributed by atoms with van der Waals surface area (Å²) in [6, 6.07) is 5.10. The van der Waals surface area contributed by atoms with Crippen LogP contribution in [-0.2, 0) is 4.79 Å². The van der Waals surface area contributed by atoms with Gasteiger partial charge in [-0.3, -0.25) is 4.79 Å². The predicted molar refractivity (Wildman–Crippen MR) is 86.3 cm³/mol. The molecule has 1 saturated heterocycles. The van der Waals surface area contributed by atoms with Gasteiger partial charge in [0.05, 0.1) is 12.1 Å². The zero-order valence-corrected chi connectivity index (χ0v) is 13.7. The molecule has 23 heavy (non-hydrogen) atoms. The van der Waals surface area contributed by atoms with E-state index in [4.69, 9.17) is 0 Å². The lowest BCUT2D eigenvalue weighted by Gasteiger charge is -2.28. The van der Waals surface area contributed by atoms with E-state index in [0.717, 1.165) is 11.1 Å². The molecule has 1 aliphatic heterocycles. The number of halogens is 1. The normalized spacial score (nSPS) is 20.5. The molecule has 0 saturated carbocycles. The summed E-state index contributed by atoms with van der Waals surface area (Å²) in [5, 5.41) is 2.90. The monoisotopic (exact) mass is 319 g/mol. The van der Waals surface area contributed by atoms with Crippen molar-refractivity contribution in [1.82, 2.24) is 15.1 Å². The van der Waals surface area contributed by atoms with Crippen molar-refractivity contribution in [1.29, 1.82) is 0 Å². The van der Waals surface area contributed by atoms with Crippen LogP contribution in [0.1, 0.15) is 24.9 Å². The van der Waals surface area contributed by atoms with Gasteiger partial charge in [-0.25, -0.2) is 9.18 Å². The van der Waals surface area contributed by atoms with Crippen molar-refractivity contribution in [3.05, 3.63) is 47.8 Å². The maximum atomic E-state index is 13.1. The molecule has 0 spiro atoms. The van der Waals surface area contributed by atoms with Crippen LogP contribution in [0.4, 0.5) is 9.18 Å². The molecule has 1 aliphatic rings. The molecule has 1 N–H and O–H groups in total. The van der Waals surface area contributed by atoms with Crippen molar-refractivity contribution in [3.8, 4) is 0 Å². The zero-order valence-electron chi connectivity index (χ0n) is 13.7. The summed E-state index contributed by atoms with van der Waals surface area (Å²) in [6.45, 7) is 6.08. The maximum Gasteiger partial charge on any atom is 0.317 e. The fourth-order valence-corrected chi connectivity index (χ4v) is 2.86. The van der Waals surface area contributed by atoms with Crippen LogP contribution in [0.2, 0.25) is 0 Å². The molecule has 2 atom stereocenters. The highest BCUT2D eigenvalue weighted by atomic mass is 19.1. The molecule has 2 rings (SSSR count). The van der Waals surface area contributed by atoms with E-state index >= 15 is 0 Å². The van der Waals surface area contributed by atoms with E-state index in [1.54, 1.807) is 31.1 Å². The van der Waals surface area contributed by atoms with Gasteiger partial charge in [-0.2, -0.15) is 0 Å². The fourth-order valence-electron chi connectivity index (χ4n) is 2.86. The van der Waals surface area contributed by atoms with Crippen molar-refractivity contribution in [2.45, 2.75) is 25.4 Å². The molecule has 1 aromatic rings. The molecule has 5 nitrogen and oxygen atoms in total. The quantitative estimate of drug-likeness (QED) is 0.866. The number of carbonyl (C=O) groups is 2. The van der Waals surface area contributed by atoms with Crippen LogP contribution in [-0.4, -0.2) is 48.4 Å². The Morgan fingerprint density at radius 2 is 2.04 bits per heavy atom. The minimum Gasteiger partial charge on any atom is -0.337 e. The summed E-state index contributed by atoms with van der Waals surface area (Å²) in [5.74, 6) is -0.380. The number of urea groups is 1. The Balaban J connectivity index is 2.15. The van der Waals surface area contributed by atoms with E-state index in [2.05, 4.69) is 11.9 Å². The second-order valence-corrected chi connectivity index (χ2v) is 6.07. The van der Waals surface area contributed by atoms with Crippen LogP contribution in [0.5, 0.6) is 0 Å². The van der Waals surface area contributed by atoms with Gasteiger partial charge in [0, 0.05) is 27.1 Å². The number of hydrogen-bond acceptors (Lipinski definition) is 2. The summed E-state index contributed by atoms with van der Waals surface area (Å²) < 4.78 is 13.1. The van der Waals surface area contributed by atoms with Crippen LogP contribution < -0.4 is 5.32 Å². The lowest BCUT2D eigenvalue weighted by atomic mass is 10.0. The molecular formula is C17H22FN3O2. The molecule has 0 radical (unpaired) electrons. The van der Waals surface area contributed by atoms with Crippen molar-refractivity contribution >= 4 is 11.9 Å². The molecule has 124 valence electrons. The largest absolute Gasteiger partial charge is 0.337 e. The van der Waals surface area contributed by atoms with Crippen LogP contribution >= 0.6 is 0 Å². The van der Waals surface area contributed by atoms with Crippen LogP contribution in [0.3, 0.4) is 0 Å². The first-order valence-electron chi connectivity index (χ1n) is 7.46. The number of carbonyl (C=O) groups excluding carboxylic acids is 2. The minimum atomic E-state index is -0.349. The second-order valence-electron chi connectivity index (χ2n) is 6.07. The standard InChI is InChI=1S/C17H22FN3O2/c1-11(2)10-20(3)17(23)19-14-9-15(22)21(4)16(14)12-5-7-13(18)8-6-12/h5-8,14,16H,1,9-10H2,2-4H3,(H,19,23). The van der Waals surface area contributed by atoms with Crippen LogP contribution in [0.15, 0.2) is 36.4 Å². The molecule has 1 heterocycles. The van der Waals surface area contributed by atoms with Gasteiger partial charge in [0.1, 0.15) is 5.82 Å². The molecule has 1 fully saturated rings. The number of nitrogens with one attached hydrogen (secondary N) is 1. The highest BCUT2D eigenvalue weighted by Crippen LogP contribution is 2.32. The number of rotatable bonds is 4. The Morgan fingerprint density at radius 3 is 2.61 bits per heavy atom.